The zero-order valence-corrected chi connectivity index (χ0v) is 24.1. The van der Waals surface area contributed by atoms with Gasteiger partial charge in [0.05, 0.1) is 32.2 Å². The van der Waals surface area contributed by atoms with Crippen molar-refractivity contribution >= 4 is 23.3 Å². The third kappa shape index (κ3) is 3.89. The highest BCUT2D eigenvalue weighted by Gasteiger charge is 2.75. The van der Waals surface area contributed by atoms with Gasteiger partial charge < -0.3 is 19.3 Å². The van der Waals surface area contributed by atoms with E-state index in [1.54, 1.807) is 18.2 Å². The van der Waals surface area contributed by atoms with E-state index in [9.17, 15) is 24.3 Å². The lowest BCUT2D eigenvalue weighted by atomic mass is 9.39. The van der Waals surface area contributed by atoms with Crippen LogP contribution in [0, 0.1) is 34.0 Å². The van der Waals surface area contributed by atoms with Crippen molar-refractivity contribution in [3.05, 3.63) is 35.9 Å². The summed E-state index contributed by atoms with van der Waals surface area (Å²) in [5, 5.41) is 11.6. The maximum Gasteiger partial charge on any atom is 0.306 e. The second-order valence-corrected chi connectivity index (χ2v) is 12.9. The van der Waals surface area contributed by atoms with Crippen LogP contribution in [-0.2, 0) is 19.1 Å². The van der Waals surface area contributed by atoms with Gasteiger partial charge in [-0.1, -0.05) is 27.4 Å². The number of carbonyl (C=O) groups is 4. The van der Waals surface area contributed by atoms with Gasteiger partial charge in [0.25, 0.3) is 0 Å². The fourth-order valence-corrected chi connectivity index (χ4v) is 8.84. The van der Waals surface area contributed by atoms with Crippen LogP contribution in [0.15, 0.2) is 30.4 Å². The van der Waals surface area contributed by atoms with E-state index in [1.165, 1.54) is 14.2 Å². The third-order valence-corrected chi connectivity index (χ3v) is 10.9. The van der Waals surface area contributed by atoms with Crippen molar-refractivity contribution in [2.45, 2.75) is 77.9 Å². The lowest BCUT2D eigenvalue weighted by molar-refractivity contribution is -0.231. The number of methoxy groups -OCH3 is 2. The van der Waals surface area contributed by atoms with E-state index in [2.05, 4.69) is 13.5 Å². The number of aliphatic hydroxyl groups excluding tert-OH is 1. The number of fused-ring (bicyclic) bond motifs is 3. The predicted octanol–water partition coefficient (Wildman–Crippen LogP) is 4.51. The number of Topliss-reactive ketones (excluding diaryl/α,β-unsaturated/α-hetero) is 3. The molecule has 40 heavy (non-hydrogen) atoms. The first-order valence-electron chi connectivity index (χ1n) is 14.2. The number of hydrogen-bond acceptors (Lipinski definition) is 8. The van der Waals surface area contributed by atoms with Crippen molar-refractivity contribution in [3.63, 3.8) is 0 Å². The van der Waals surface area contributed by atoms with Gasteiger partial charge in [0.1, 0.15) is 11.9 Å². The zero-order valence-electron chi connectivity index (χ0n) is 24.1. The van der Waals surface area contributed by atoms with E-state index in [0.29, 0.717) is 54.7 Å². The molecule has 4 saturated carbocycles. The molecule has 8 heteroatoms. The molecule has 216 valence electrons. The molecule has 7 atom stereocenters. The molecule has 0 amide bonds. The molecule has 4 fully saturated rings. The second-order valence-electron chi connectivity index (χ2n) is 12.9. The summed E-state index contributed by atoms with van der Waals surface area (Å²) in [6, 6.07) is 4.82. The number of benzene rings is 1. The molecule has 4 aliphatic carbocycles. The minimum absolute atomic E-state index is 0.0889. The molecule has 1 spiro atoms. The average molecular weight is 553 g/mol. The highest BCUT2D eigenvalue weighted by molar-refractivity contribution is 6.05. The Morgan fingerprint density at radius 2 is 1.73 bits per heavy atom. The molecule has 4 aliphatic rings. The topological polar surface area (TPSA) is 116 Å². The summed E-state index contributed by atoms with van der Waals surface area (Å²) in [7, 11) is 2.99. The van der Waals surface area contributed by atoms with E-state index >= 15 is 0 Å². The molecule has 0 saturated heterocycles. The van der Waals surface area contributed by atoms with Crippen LogP contribution in [0.5, 0.6) is 11.5 Å². The molecule has 1 aromatic carbocycles. The molecule has 0 heterocycles. The van der Waals surface area contributed by atoms with Gasteiger partial charge in [-0.25, -0.2) is 0 Å². The summed E-state index contributed by atoms with van der Waals surface area (Å²) in [6.45, 7) is 10.1. The highest BCUT2D eigenvalue weighted by Crippen LogP contribution is 2.71. The molecule has 0 aliphatic heterocycles. The Morgan fingerprint density at radius 3 is 2.40 bits per heavy atom. The molecule has 0 radical (unpaired) electrons. The minimum Gasteiger partial charge on any atom is -0.493 e. The van der Waals surface area contributed by atoms with E-state index in [1.807, 2.05) is 13.8 Å². The first kappa shape index (κ1) is 28.5. The highest BCUT2D eigenvalue weighted by atomic mass is 16.5. The first-order valence-corrected chi connectivity index (χ1v) is 14.2. The Balaban J connectivity index is 1.41. The Hall–Kier alpha value is -3.00. The van der Waals surface area contributed by atoms with Crippen molar-refractivity contribution in [2.24, 2.45) is 34.0 Å². The van der Waals surface area contributed by atoms with Gasteiger partial charge in [0, 0.05) is 29.7 Å². The van der Waals surface area contributed by atoms with Crippen LogP contribution in [0.1, 0.15) is 76.1 Å². The number of carbonyl (C=O) groups excluding carboxylic acids is 4. The smallest absolute Gasteiger partial charge is 0.306 e. The average Bonchev–Trinajstić information content (AvgIpc) is 3.03. The van der Waals surface area contributed by atoms with Gasteiger partial charge in [-0.3, -0.25) is 19.2 Å². The molecule has 8 nitrogen and oxygen atoms in total. The van der Waals surface area contributed by atoms with E-state index in [-0.39, 0.29) is 53.4 Å². The van der Waals surface area contributed by atoms with Crippen LogP contribution in [0.3, 0.4) is 0 Å². The van der Waals surface area contributed by atoms with Crippen LogP contribution in [0.4, 0.5) is 0 Å². The Kier molecular flexibility index (Phi) is 7.01. The summed E-state index contributed by atoms with van der Waals surface area (Å²) in [5.74, 6) is -0.695. The minimum atomic E-state index is -1.27. The van der Waals surface area contributed by atoms with Crippen molar-refractivity contribution in [2.75, 3.05) is 14.2 Å². The quantitative estimate of drug-likeness (QED) is 0.299. The normalized spacial score (nSPS) is 36.0. The molecule has 1 aromatic rings. The molecule has 1 N–H and O–H groups in total. The summed E-state index contributed by atoms with van der Waals surface area (Å²) >= 11 is 0. The van der Waals surface area contributed by atoms with Gasteiger partial charge in [-0.15, -0.1) is 0 Å². The number of ether oxygens (including phenoxy) is 3. The second kappa shape index (κ2) is 9.82. The van der Waals surface area contributed by atoms with Gasteiger partial charge in [0.2, 0.25) is 0 Å². The molecular weight excluding hydrogens is 512 g/mol. The van der Waals surface area contributed by atoms with Crippen LogP contribution < -0.4 is 9.47 Å². The Bertz CT molecular complexity index is 1280. The lowest BCUT2D eigenvalue weighted by Crippen LogP contribution is -2.68. The van der Waals surface area contributed by atoms with Crippen molar-refractivity contribution < 1.29 is 38.5 Å². The zero-order chi connectivity index (χ0) is 29.2. The summed E-state index contributed by atoms with van der Waals surface area (Å²) < 4.78 is 16.6. The fraction of sp³-hybridized carbons (Fsp3) is 0.625. The maximum atomic E-state index is 14.0. The summed E-state index contributed by atoms with van der Waals surface area (Å²) in [4.78, 5) is 53.2. The number of aliphatic hydroxyl groups is 1. The van der Waals surface area contributed by atoms with Crippen molar-refractivity contribution in [1.29, 1.82) is 0 Å². The number of hydrogen-bond donors (Lipinski definition) is 1. The van der Waals surface area contributed by atoms with E-state index in [0.717, 1.165) is 0 Å². The Morgan fingerprint density at radius 1 is 1.02 bits per heavy atom. The van der Waals surface area contributed by atoms with Gasteiger partial charge >= 0.3 is 5.97 Å². The molecule has 0 unspecified atom stereocenters. The van der Waals surface area contributed by atoms with E-state index < -0.39 is 29.0 Å². The van der Waals surface area contributed by atoms with Gasteiger partial charge in [0.15, 0.2) is 23.1 Å². The fourth-order valence-electron chi connectivity index (χ4n) is 8.84. The van der Waals surface area contributed by atoms with Gasteiger partial charge in [-0.2, -0.15) is 0 Å². The third-order valence-electron chi connectivity index (χ3n) is 10.9. The summed E-state index contributed by atoms with van der Waals surface area (Å²) in [6.07, 6.45) is 0.588. The maximum absolute atomic E-state index is 14.0. The van der Waals surface area contributed by atoms with Crippen LogP contribution in [0.2, 0.25) is 0 Å². The molecule has 5 rings (SSSR count). The number of ketones is 3. The standard InChI is InChI=1S/C32H40O8/c1-17-19-8-11-23-31(4)14-13-25(34)30(2,3)24(31)16-26(32(23,28(17)36)29(19)37)40-27(35)12-9-20(33)18-7-10-21(38-5)22(15-18)39-6/h7,10,15,19,23-24,26,29,37H,1,8-9,11-14,16H2,2-6H3/t19-,23-,24+,26+,29+,31-,32-/m0/s1. The molecular formula is C32H40O8. The molecule has 2 bridgehead atoms. The number of rotatable bonds is 7. The van der Waals surface area contributed by atoms with E-state index in [4.69, 9.17) is 14.2 Å². The van der Waals surface area contributed by atoms with Crippen LogP contribution >= 0.6 is 0 Å². The Labute approximate surface area is 235 Å². The summed E-state index contributed by atoms with van der Waals surface area (Å²) in [5.41, 5.74) is -1.50. The van der Waals surface area contributed by atoms with Crippen LogP contribution in [-0.4, -0.2) is 54.9 Å². The largest absolute Gasteiger partial charge is 0.493 e. The number of esters is 1. The van der Waals surface area contributed by atoms with Gasteiger partial charge in [-0.05, 0) is 66.7 Å². The van der Waals surface area contributed by atoms with Crippen molar-refractivity contribution in [3.8, 4) is 11.5 Å². The first-order chi connectivity index (χ1) is 18.8. The molecule has 0 aromatic heterocycles. The lowest BCUT2D eigenvalue weighted by Gasteiger charge is -2.64. The van der Waals surface area contributed by atoms with Crippen molar-refractivity contribution in [1.82, 2.24) is 0 Å². The monoisotopic (exact) mass is 552 g/mol. The predicted molar refractivity (Wildman–Crippen MR) is 146 cm³/mol. The van der Waals surface area contributed by atoms with Crippen LogP contribution in [0.25, 0.3) is 0 Å². The SMILES string of the molecule is C=C1C(=O)[C@]23[C@H](O)[C@H]1CC[C@H]2[C@]1(C)CCC(=O)C(C)(C)[C@H]1C[C@H]3OC(=O)CCC(=O)c1ccc(OC)c(OC)c1.